The first-order valence-corrected chi connectivity index (χ1v) is 11.7. The minimum absolute atomic E-state index is 0.146. The standard InChI is InChI=1S/C22H18BrF2N3O2S/c1-3-19-20(14-6-9-18(21(24)25)26-11-14)17-10-15(23)12-27-22(17)28(19)31(29,30)16-7-4-13(2)5-8-16/h4-12,21H,3H2,1-2H3. The molecule has 0 unspecified atom stereocenters. The Morgan fingerprint density at radius 1 is 1.06 bits per heavy atom. The van der Waals surface area contributed by atoms with E-state index in [-0.39, 0.29) is 16.2 Å². The largest absolute Gasteiger partial charge is 0.280 e. The Morgan fingerprint density at radius 2 is 1.77 bits per heavy atom. The number of hydrogen-bond acceptors (Lipinski definition) is 4. The average Bonchev–Trinajstić information content (AvgIpc) is 3.08. The second-order valence-electron chi connectivity index (χ2n) is 7.05. The first kappa shape index (κ1) is 21.6. The van der Waals surface area contributed by atoms with Crippen molar-refractivity contribution in [1.29, 1.82) is 0 Å². The van der Waals surface area contributed by atoms with E-state index in [2.05, 4.69) is 25.9 Å². The molecular formula is C22H18BrF2N3O2S. The fourth-order valence-electron chi connectivity index (χ4n) is 3.56. The van der Waals surface area contributed by atoms with Crippen LogP contribution in [0.2, 0.25) is 0 Å². The van der Waals surface area contributed by atoms with Gasteiger partial charge in [-0.3, -0.25) is 4.98 Å². The molecule has 160 valence electrons. The number of fused-ring (bicyclic) bond motifs is 1. The molecule has 0 fully saturated rings. The van der Waals surface area contributed by atoms with Gasteiger partial charge in [-0.05, 0) is 53.5 Å². The van der Waals surface area contributed by atoms with Gasteiger partial charge in [-0.1, -0.05) is 30.7 Å². The fourth-order valence-corrected chi connectivity index (χ4v) is 5.47. The quantitative estimate of drug-likeness (QED) is 0.338. The summed E-state index contributed by atoms with van der Waals surface area (Å²) >= 11 is 3.39. The number of aryl methyl sites for hydroxylation is 1. The lowest BCUT2D eigenvalue weighted by atomic mass is 10.0. The second kappa shape index (κ2) is 8.12. The number of benzene rings is 1. The summed E-state index contributed by atoms with van der Waals surface area (Å²) in [5.41, 5.74) is 2.54. The maximum atomic E-state index is 13.6. The summed E-state index contributed by atoms with van der Waals surface area (Å²) in [6, 6.07) is 11.2. The van der Waals surface area contributed by atoms with Gasteiger partial charge < -0.3 is 0 Å². The number of alkyl halides is 2. The summed E-state index contributed by atoms with van der Waals surface area (Å²) in [7, 11) is -3.95. The Hall–Kier alpha value is -2.65. The average molecular weight is 506 g/mol. The molecule has 0 aliphatic heterocycles. The molecule has 0 aliphatic carbocycles. The van der Waals surface area contributed by atoms with Gasteiger partial charge in [0.2, 0.25) is 0 Å². The molecule has 31 heavy (non-hydrogen) atoms. The van der Waals surface area contributed by atoms with Crippen LogP contribution in [0.5, 0.6) is 0 Å². The highest BCUT2D eigenvalue weighted by molar-refractivity contribution is 9.10. The molecule has 0 spiro atoms. The zero-order valence-corrected chi connectivity index (χ0v) is 19.1. The predicted molar refractivity (Wildman–Crippen MR) is 119 cm³/mol. The van der Waals surface area contributed by atoms with Gasteiger partial charge in [-0.15, -0.1) is 0 Å². The van der Waals surface area contributed by atoms with Crippen molar-refractivity contribution < 1.29 is 17.2 Å². The van der Waals surface area contributed by atoms with Crippen LogP contribution < -0.4 is 0 Å². The van der Waals surface area contributed by atoms with Crippen LogP contribution in [0, 0.1) is 6.92 Å². The van der Waals surface area contributed by atoms with E-state index in [0.29, 0.717) is 33.1 Å². The Balaban J connectivity index is 2.04. The summed E-state index contributed by atoms with van der Waals surface area (Å²) < 4.78 is 55.1. The fraction of sp³-hybridized carbons (Fsp3) is 0.182. The monoisotopic (exact) mass is 505 g/mol. The van der Waals surface area contributed by atoms with Crippen LogP contribution in [0.4, 0.5) is 8.78 Å². The maximum absolute atomic E-state index is 13.6. The number of halogens is 3. The molecule has 9 heteroatoms. The number of aromatic nitrogens is 3. The maximum Gasteiger partial charge on any atom is 0.280 e. The van der Waals surface area contributed by atoms with Gasteiger partial charge in [0.05, 0.1) is 4.90 Å². The molecule has 0 saturated heterocycles. The van der Waals surface area contributed by atoms with Gasteiger partial charge in [-0.25, -0.2) is 26.2 Å². The van der Waals surface area contributed by atoms with Gasteiger partial charge in [0, 0.05) is 39.1 Å². The summed E-state index contributed by atoms with van der Waals surface area (Å²) in [5, 5.41) is 0.591. The Bertz CT molecular complexity index is 1370. The van der Waals surface area contributed by atoms with Crippen molar-refractivity contribution in [2.75, 3.05) is 0 Å². The van der Waals surface area contributed by atoms with E-state index in [0.717, 1.165) is 5.56 Å². The molecule has 4 aromatic rings. The Labute approximate surface area is 187 Å². The normalized spacial score (nSPS) is 12.1. The molecule has 0 aliphatic rings. The lowest BCUT2D eigenvalue weighted by Crippen LogP contribution is -2.16. The Kier molecular flexibility index (Phi) is 5.65. The molecule has 0 bridgehead atoms. The van der Waals surface area contributed by atoms with E-state index in [1.54, 1.807) is 30.3 Å². The zero-order valence-electron chi connectivity index (χ0n) is 16.7. The highest BCUT2D eigenvalue weighted by Gasteiger charge is 2.28. The third-order valence-corrected chi connectivity index (χ3v) is 7.20. The molecule has 0 atom stereocenters. The molecule has 0 saturated carbocycles. The smallest absolute Gasteiger partial charge is 0.255 e. The minimum Gasteiger partial charge on any atom is -0.255 e. The molecule has 5 nitrogen and oxygen atoms in total. The lowest BCUT2D eigenvalue weighted by Gasteiger charge is -2.12. The molecule has 0 N–H and O–H groups in total. The van der Waals surface area contributed by atoms with Crippen molar-refractivity contribution in [3.63, 3.8) is 0 Å². The highest BCUT2D eigenvalue weighted by Crippen LogP contribution is 2.38. The topological polar surface area (TPSA) is 64.8 Å². The van der Waals surface area contributed by atoms with Gasteiger partial charge in [0.15, 0.2) is 5.65 Å². The van der Waals surface area contributed by atoms with Crippen molar-refractivity contribution >= 4 is 37.0 Å². The molecule has 0 radical (unpaired) electrons. The molecule has 3 aromatic heterocycles. The van der Waals surface area contributed by atoms with Crippen molar-refractivity contribution in [1.82, 2.24) is 13.9 Å². The van der Waals surface area contributed by atoms with Gasteiger partial charge in [-0.2, -0.15) is 0 Å². The van der Waals surface area contributed by atoms with Crippen LogP contribution in [0.3, 0.4) is 0 Å². The van der Waals surface area contributed by atoms with Crippen LogP contribution in [0.15, 0.2) is 64.2 Å². The van der Waals surface area contributed by atoms with Crippen LogP contribution >= 0.6 is 15.9 Å². The first-order chi connectivity index (χ1) is 14.7. The molecule has 3 heterocycles. The predicted octanol–water partition coefficient (Wildman–Crippen LogP) is 5.91. The number of nitrogens with zero attached hydrogens (tertiary/aromatic N) is 3. The molecule has 1 aromatic carbocycles. The van der Waals surface area contributed by atoms with E-state index >= 15 is 0 Å². The molecular weight excluding hydrogens is 488 g/mol. The second-order valence-corrected chi connectivity index (χ2v) is 9.76. The third kappa shape index (κ3) is 3.76. The minimum atomic E-state index is -3.95. The Morgan fingerprint density at radius 3 is 2.35 bits per heavy atom. The first-order valence-electron chi connectivity index (χ1n) is 9.49. The van der Waals surface area contributed by atoms with Crippen molar-refractivity contribution in [3.8, 4) is 11.1 Å². The van der Waals surface area contributed by atoms with E-state index in [1.165, 1.54) is 28.5 Å². The van der Waals surface area contributed by atoms with Crippen LogP contribution in [-0.4, -0.2) is 22.4 Å². The van der Waals surface area contributed by atoms with E-state index in [1.807, 2.05) is 13.8 Å². The molecule has 0 amide bonds. The van der Waals surface area contributed by atoms with E-state index < -0.39 is 16.4 Å². The number of rotatable bonds is 5. The van der Waals surface area contributed by atoms with E-state index in [9.17, 15) is 17.2 Å². The molecule has 4 rings (SSSR count). The zero-order chi connectivity index (χ0) is 22.3. The van der Waals surface area contributed by atoms with Crippen LogP contribution in [0.25, 0.3) is 22.2 Å². The third-order valence-electron chi connectivity index (χ3n) is 5.02. The highest BCUT2D eigenvalue weighted by atomic mass is 79.9. The van der Waals surface area contributed by atoms with Gasteiger partial charge >= 0.3 is 0 Å². The van der Waals surface area contributed by atoms with Crippen LogP contribution in [-0.2, 0) is 16.4 Å². The van der Waals surface area contributed by atoms with Gasteiger partial charge in [0.25, 0.3) is 16.4 Å². The summed E-state index contributed by atoms with van der Waals surface area (Å²) in [4.78, 5) is 8.39. The van der Waals surface area contributed by atoms with Crippen molar-refractivity contribution in [2.45, 2.75) is 31.6 Å². The summed E-state index contributed by atoms with van der Waals surface area (Å²) in [6.07, 6.45) is 0.577. The van der Waals surface area contributed by atoms with Gasteiger partial charge in [0.1, 0.15) is 5.69 Å². The van der Waals surface area contributed by atoms with Crippen molar-refractivity contribution in [3.05, 3.63) is 76.3 Å². The summed E-state index contributed by atoms with van der Waals surface area (Å²) in [6.45, 7) is 3.72. The number of hydrogen-bond donors (Lipinski definition) is 0. The number of pyridine rings is 2. The summed E-state index contributed by atoms with van der Waals surface area (Å²) in [5.74, 6) is 0. The SMILES string of the molecule is CCc1c(-c2ccc(C(F)F)nc2)c2cc(Br)cnc2n1S(=O)(=O)c1ccc(C)cc1. The van der Waals surface area contributed by atoms with Crippen molar-refractivity contribution in [2.24, 2.45) is 0 Å². The lowest BCUT2D eigenvalue weighted by molar-refractivity contribution is 0.146. The van der Waals surface area contributed by atoms with Crippen LogP contribution in [0.1, 0.15) is 30.3 Å². The van der Waals surface area contributed by atoms with E-state index in [4.69, 9.17) is 0 Å².